The molecule has 2 unspecified atom stereocenters. The quantitative estimate of drug-likeness (QED) is 0.782. The van der Waals surface area contributed by atoms with Crippen LogP contribution in [0.3, 0.4) is 0 Å². The van der Waals surface area contributed by atoms with E-state index in [4.69, 9.17) is 0 Å². The molecule has 3 rings (SSSR count). The Bertz CT molecular complexity index is 525. The lowest BCUT2D eigenvalue weighted by molar-refractivity contribution is 0.328. The van der Waals surface area contributed by atoms with Gasteiger partial charge in [0.1, 0.15) is 21.8 Å². The van der Waals surface area contributed by atoms with Crippen molar-refractivity contribution in [1.82, 2.24) is 9.78 Å². The van der Waals surface area contributed by atoms with E-state index in [0.29, 0.717) is 11.5 Å². The highest BCUT2D eigenvalue weighted by Gasteiger charge is 2.50. The molecule has 1 saturated carbocycles. The molecule has 2 atom stereocenters. The van der Waals surface area contributed by atoms with Gasteiger partial charge in [-0.3, -0.25) is 4.68 Å². The number of rotatable bonds is 2. The van der Waals surface area contributed by atoms with Gasteiger partial charge in [-0.2, -0.15) is 5.10 Å². The summed E-state index contributed by atoms with van der Waals surface area (Å²) in [6.45, 7) is 8.18. The van der Waals surface area contributed by atoms with Gasteiger partial charge in [-0.1, -0.05) is 11.3 Å². The number of hydrogen-bond donors (Lipinski definition) is 0. The molecule has 2 heterocycles. The summed E-state index contributed by atoms with van der Waals surface area (Å²) < 4.78 is 18.5. The summed E-state index contributed by atoms with van der Waals surface area (Å²) in [6.07, 6.45) is 5.21. The zero-order valence-corrected chi connectivity index (χ0v) is 12.8. The largest absolute Gasteiger partial charge is 0.591 e. The Balaban J connectivity index is 1.92. The van der Waals surface area contributed by atoms with Crippen LogP contribution in [0.25, 0.3) is 0 Å². The Labute approximate surface area is 117 Å². The summed E-state index contributed by atoms with van der Waals surface area (Å²) >= 11 is -1.19. The first kappa shape index (κ1) is 13.2. The van der Waals surface area contributed by atoms with Crippen LogP contribution in [-0.2, 0) is 11.4 Å². The van der Waals surface area contributed by atoms with E-state index in [9.17, 15) is 4.55 Å². The van der Waals surface area contributed by atoms with E-state index in [-0.39, 0.29) is 4.75 Å². The summed E-state index contributed by atoms with van der Waals surface area (Å²) in [5.41, 5.74) is 2.38. The first-order valence-electron chi connectivity index (χ1n) is 6.85. The van der Waals surface area contributed by atoms with Crippen LogP contribution in [-0.4, -0.2) is 24.8 Å². The van der Waals surface area contributed by atoms with Gasteiger partial charge in [0.15, 0.2) is 0 Å². The molecule has 1 aromatic rings. The fourth-order valence-electron chi connectivity index (χ4n) is 2.56. The molecule has 104 valence electrons. The van der Waals surface area contributed by atoms with E-state index in [0.717, 1.165) is 17.8 Å². The fraction of sp³-hybridized carbons (Fsp3) is 0.714. The van der Waals surface area contributed by atoms with E-state index >= 15 is 0 Å². The van der Waals surface area contributed by atoms with Gasteiger partial charge in [0, 0.05) is 12.6 Å². The van der Waals surface area contributed by atoms with Crippen molar-refractivity contribution in [3.63, 3.8) is 0 Å². The van der Waals surface area contributed by atoms with Gasteiger partial charge in [-0.25, -0.2) is 0 Å². The van der Waals surface area contributed by atoms with Crippen LogP contribution < -0.4 is 0 Å². The Morgan fingerprint density at radius 1 is 1.47 bits per heavy atom. The van der Waals surface area contributed by atoms with Crippen molar-refractivity contribution >= 4 is 17.1 Å². The molecule has 0 aromatic carbocycles. The van der Waals surface area contributed by atoms with Gasteiger partial charge in [0.25, 0.3) is 0 Å². The summed E-state index contributed by atoms with van der Waals surface area (Å²) in [5.74, 6) is 0. The van der Waals surface area contributed by atoms with Crippen molar-refractivity contribution in [1.29, 1.82) is 0 Å². The first-order chi connectivity index (χ1) is 8.81. The average Bonchev–Trinajstić information content (AvgIpc) is 2.76. The second-order valence-electron chi connectivity index (χ2n) is 6.93. The fourth-order valence-corrected chi connectivity index (χ4v) is 3.20. The van der Waals surface area contributed by atoms with Crippen molar-refractivity contribution in [3.05, 3.63) is 18.0 Å². The lowest BCUT2D eigenvalue weighted by Crippen LogP contribution is -2.26. The van der Waals surface area contributed by atoms with Gasteiger partial charge in [-0.05, 0) is 45.1 Å². The van der Waals surface area contributed by atoms with Crippen molar-refractivity contribution in [2.45, 2.75) is 57.7 Å². The first-order valence-corrected chi connectivity index (χ1v) is 7.95. The Morgan fingerprint density at radius 3 is 2.74 bits per heavy atom. The smallest absolute Gasteiger partial charge is 0.144 e. The second-order valence-corrected chi connectivity index (χ2v) is 8.84. The summed E-state index contributed by atoms with van der Waals surface area (Å²) in [7, 11) is 0. The van der Waals surface area contributed by atoms with Crippen LogP contribution in [0.1, 0.15) is 58.7 Å². The van der Waals surface area contributed by atoms with Gasteiger partial charge in [0.2, 0.25) is 0 Å². The monoisotopic (exact) mass is 279 g/mol. The summed E-state index contributed by atoms with van der Waals surface area (Å²) in [5, 5.41) is 4.44. The van der Waals surface area contributed by atoms with E-state index in [1.54, 1.807) is 0 Å². The van der Waals surface area contributed by atoms with Crippen molar-refractivity contribution in [2.24, 2.45) is 9.81 Å². The third-order valence-corrected chi connectivity index (χ3v) is 5.64. The molecule has 0 saturated heterocycles. The highest BCUT2D eigenvalue weighted by atomic mass is 32.2. The minimum atomic E-state index is -1.19. The van der Waals surface area contributed by atoms with E-state index in [2.05, 4.69) is 21.1 Å². The molecule has 1 fully saturated rings. The lowest BCUT2D eigenvalue weighted by atomic mass is 9.97. The van der Waals surface area contributed by atoms with Crippen LogP contribution in [0.4, 0.5) is 0 Å². The molecule has 0 bridgehead atoms. The van der Waals surface area contributed by atoms with Crippen LogP contribution in [0.5, 0.6) is 0 Å². The highest BCUT2D eigenvalue weighted by Crippen LogP contribution is 2.57. The molecule has 1 aliphatic carbocycles. The lowest BCUT2D eigenvalue weighted by Gasteiger charge is -2.19. The molecule has 0 amide bonds. The zero-order valence-electron chi connectivity index (χ0n) is 12.0. The predicted octanol–water partition coefficient (Wildman–Crippen LogP) is 2.88. The Morgan fingerprint density at radius 2 is 2.16 bits per heavy atom. The van der Waals surface area contributed by atoms with E-state index < -0.39 is 11.4 Å². The molecule has 5 heteroatoms. The molecule has 0 radical (unpaired) electrons. The normalized spacial score (nSPS) is 28.5. The van der Waals surface area contributed by atoms with Gasteiger partial charge in [0.05, 0.1) is 11.7 Å². The summed E-state index contributed by atoms with van der Waals surface area (Å²) in [4.78, 5) is 0. The predicted molar refractivity (Wildman–Crippen MR) is 77.7 cm³/mol. The minimum absolute atomic E-state index is 0.306. The van der Waals surface area contributed by atoms with E-state index in [1.165, 1.54) is 12.8 Å². The maximum Gasteiger partial charge on any atom is 0.144 e. The molecular weight excluding hydrogens is 258 g/mol. The molecule has 0 spiro atoms. The average molecular weight is 279 g/mol. The Kier molecular flexibility index (Phi) is 2.84. The van der Waals surface area contributed by atoms with E-state index in [1.807, 2.05) is 33.0 Å². The number of nitrogens with zero attached hydrogens (tertiary/aromatic N) is 3. The van der Waals surface area contributed by atoms with Crippen LogP contribution >= 0.6 is 0 Å². The number of fused-ring (bicyclic) bond motifs is 1. The zero-order chi connectivity index (χ0) is 13.8. The maximum atomic E-state index is 12.2. The summed E-state index contributed by atoms with van der Waals surface area (Å²) in [6, 6.07) is 2.39. The van der Waals surface area contributed by atoms with Gasteiger partial charge < -0.3 is 4.55 Å². The molecular formula is C14H21N3OS. The SMILES string of the molecule is CC1(C2C/C(=N/[S+]([O-])C(C)(C)C)c3ccnn32)CC1. The van der Waals surface area contributed by atoms with Crippen LogP contribution in [0.2, 0.25) is 0 Å². The molecule has 4 nitrogen and oxygen atoms in total. The van der Waals surface area contributed by atoms with Gasteiger partial charge in [-0.15, -0.1) is 0 Å². The van der Waals surface area contributed by atoms with Crippen molar-refractivity contribution in [3.8, 4) is 0 Å². The minimum Gasteiger partial charge on any atom is -0.591 e. The molecule has 19 heavy (non-hydrogen) atoms. The molecule has 2 aliphatic rings. The standard InChI is InChI=1S/C14H21N3OS/c1-13(2,3)19(18)16-10-9-12(14(4)6-7-14)17-11(10)5-8-15-17/h5,8,12H,6-7,9H2,1-4H3/b16-10-. The number of aromatic nitrogens is 2. The number of hydrogen-bond acceptors (Lipinski definition) is 3. The van der Waals surface area contributed by atoms with Crippen molar-refractivity contribution in [2.75, 3.05) is 0 Å². The molecule has 1 aromatic heterocycles. The Hall–Kier alpha value is -0.810. The maximum absolute atomic E-state index is 12.2. The van der Waals surface area contributed by atoms with Gasteiger partial charge >= 0.3 is 0 Å². The van der Waals surface area contributed by atoms with Crippen molar-refractivity contribution < 1.29 is 4.55 Å². The topological polar surface area (TPSA) is 53.2 Å². The third kappa shape index (κ3) is 2.23. The third-order valence-electron chi connectivity index (χ3n) is 4.21. The van der Waals surface area contributed by atoms with Crippen LogP contribution in [0.15, 0.2) is 16.7 Å². The molecule has 1 aliphatic heterocycles. The highest BCUT2D eigenvalue weighted by molar-refractivity contribution is 7.91. The van der Waals surface area contributed by atoms with Crippen LogP contribution in [0, 0.1) is 5.41 Å². The second kappa shape index (κ2) is 4.09. The molecule has 0 N–H and O–H groups in total.